The van der Waals surface area contributed by atoms with Crippen molar-refractivity contribution in [2.24, 2.45) is 0 Å². The summed E-state index contributed by atoms with van der Waals surface area (Å²) in [5.41, 5.74) is 1.70. The summed E-state index contributed by atoms with van der Waals surface area (Å²) < 4.78 is 46.5. The van der Waals surface area contributed by atoms with E-state index in [2.05, 4.69) is 14.7 Å². The highest BCUT2D eigenvalue weighted by Crippen LogP contribution is 2.24. The van der Waals surface area contributed by atoms with E-state index in [4.69, 9.17) is 4.74 Å². The lowest BCUT2D eigenvalue weighted by atomic mass is 9.94. The van der Waals surface area contributed by atoms with Crippen LogP contribution in [-0.2, 0) is 10.0 Å². The Kier molecular flexibility index (Phi) is 5.52. The van der Waals surface area contributed by atoms with Crippen molar-refractivity contribution in [3.63, 3.8) is 0 Å². The van der Waals surface area contributed by atoms with Crippen molar-refractivity contribution >= 4 is 10.0 Å². The van der Waals surface area contributed by atoms with Gasteiger partial charge >= 0.3 is 6.01 Å². The molecule has 0 bridgehead atoms. The van der Waals surface area contributed by atoms with Crippen molar-refractivity contribution in [3.05, 3.63) is 47.5 Å². The van der Waals surface area contributed by atoms with E-state index >= 15 is 0 Å². The predicted octanol–water partition coefficient (Wildman–Crippen LogP) is 2.90. The van der Waals surface area contributed by atoms with Crippen molar-refractivity contribution in [1.29, 1.82) is 0 Å². The summed E-state index contributed by atoms with van der Waals surface area (Å²) in [5.74, 6) is -0.571. The van der Waals surface area contributed by atoms with Crippen molar-refractivity contribution < 1.29 is 17.5 Å². The Labute approximate surface area is 152 Å². The molecule has 26 heavy (non-hydrogen) atoms. The molecule has 1 aliphatic rings. The normalized spacial score (nSPS) is 20.7. The molecule has 1 aromatic heterocycles. The fraction of sp³-hybridized carbons (Fsp3) is 0.444. The average molecular weight is 379 g/mol. The topological polar surface area (TPSA) is 81.2 Å². The lowest BCUT2D eigenvalue weighted by Gasteiger charge is -2.28. The maximum atomic E-state index is 13.3. The van der Waals surface area contributed by atoms with Gasteiger partial charge in [-0.2, -0.15) is 0 Å². The largest absolute Gasteiger partial charge is 0.460 e. The first-order valence-corrected chi connectivity index (χ1v) is 10.1. The molecule has 1 heterocycles. The molecule has 0 saturated heterocycles. The van der Waals surface area contributed by atoms with E-state index in [9.17, 15) is 12.8 Å². The van der Waals surface area contributed by atoms with Gasteiger partial charge in [0.25, 0.3) is 0 Å². The Hall–Kier alpha value is -2.06. The van der Waals surface area contributed by atoms with Crippen LogP contribution in [0.5, 0.6) is 6.01 Å². The molecule has 1 saturated carbocycles. The first-order chi connectivity index (χ1) is 12.3. The van der Waals surface area contributed by atoms with Gasteiger partial charge in [0, 0.05) is 17.4 Å². The van der Waals surface area contributed by atoms with Gasteiger partial charge in [-0.1, -0.05) is 6.07 Å². The van der Waals surface area contributed by atoms with Gasteiger partial charge in [0.05, 0.1) is 4.90 Å². The van der Waals surface area contributed by atoms with E-state index in [1.165, 1.54) is 18.2 Å². The minimum Gasteiger partial charge on any atom is -0.460 e. The summed E-state index contributed by atoms with van der Waals surface area (Å²) in [7, 11) is -3.73. The van der Waals surface area contributed by atoms with Crippen LogP contribution in [0.1, 0.15) is 37.1 Å². The number of benzene rings is 1. The molecule has 2 aromatic rings. The number of aryl methyl sites for hydroxylation is 2. The Balaban J connectivity index is 1.56. The Morgan fingerprint density at radius 1 is 1.08 bits per heavy atom. The van der Waals surface area contributed by atoms with Gasteiger partial charge in [-0.05, 0) is 63.8 Å². The molecule has 0 unspecified atom stereocenters. The van der Waals surface area contributed by atoms with Crippen LogP contribution in [-0.4, -0.2) is 30.5 Å². The number of ether oxygens (including phenoxy) is 1. The highest BCUT2D eigenvalue weighted by Gasteiger charge is 2.27. The molecular weight excluding hydrogens is 357 g/mol. The van der Waals surface area contributed by atoms with Gasteiger partial charge in [0.1, 0.15) is 11.9 Å². The number of halogens is 1. The molecule has 0 amide bonds. The third-order valence-corrected chi connectivity index (χ3v) is 5.85. The molecule has 1 fully saturated rings. The lowest BCUT2D eigenvalue weighted by Crippen LogP contribution is -2.39. The van der Waals surface area contributed by atoms with Crippen LogP contribution in [0, 0.1) is 19.7 Å². The van der Waals surface area contributed by atoms with Gasteiger partial charge in [0.15, 0.2) is 0 Å². The molecule has 8 heteroatoms. The van der Waals surface area contributed by atoms with Crippen molar-refractivity contribution in [2.45, 2.75) is 56.6 Å². The third-order valence-electron chi connectivity index (χ3n) is 4.34. The van der Waals surface area contributed by atoms with Crippen LogP contribution in [0.2, 0.25) is 0 Å². The molecular formula is C18H22FN3O3S. The molecule has 1 N–H and O–H groups in total. The number of sulfonamides is 1. The first kappa shape index (κ1) is 18.7. The summed E-state index contributed by atoms with van der Waals surface area (Å²) in [6.45, 7) is 3.78. The minimum absolute atomic E-state index is 0.0360. The monoisotopic (exact) mass is 379 g/mol. The lowest BCUT2D eigenvalue weighted by molar-refractivity contribution is 0.131. The fourth-order valence-electron chi connectivity index (χ4n) is 3.12. The van der Waals surface area contributed by atoms with Crippen molar-refractivity contribution in [2.75, 3.05) is 0 Å². The van der Waals surface area contributed by atoms with Gasteiger partial charge in [0.2, 0.25) is 10.0 Å². The van der Waals surface area contributed by atoms with Gasteiger partial charge in [-0.25, -0.2) is 27.5 Å². The number of aromatic nitrogens is 2. The van der Waals surface area contributed by atoms with Crippen molar-refractivity contribution in [3.8, 4) is 6.01 Å². The zero-order valence-electron chi connectivity index (χ0n) is 14.8. The molecule has 3 rings (SSSR count). The highest BCUT2D eigenvalue weighted by atomic mass is 32.2. The second-order valence-electron chi connectivity index (χ2n) is 6.60. The predicted molar refractivity (Wildman–Crippen MR) is 94.9 cm³/mol. The molecule has 0 atom stereocenters. The van der Waals surface area contributed by atoms with Gasteiger partial charge in [-0.15, -0.1) is 0 Å². The number of rotatable bonds is 5. The van der Waals surface area contributed by atoms with E-state index < -0.39 is 15.8 Å². The van der Waals surface area contributed by atoms with Crippen molar-refractivity contribution in [1.82, 2.24) is 14.7 Å². The van der Waals surface area contributed by atoms with Gasteiger partial charge < -0.3 is 4.74 Å². The Bertz CT molecular complexity index is 861. The van der Waals surface area contributed by atoms with Crippen LogP contribution in [0.15, 0.2) is 35.2 Å². The molecule has 140 valence electrons. The summed E-state index contributed by atoms with van der Waals surface area (Å²) >= 11 is 0. The number of nitrogens with one attached hydrogen (secondary N) is 1. The standard InChI is InChI=1S/C18H22FN3O3S/c1-12-10-13(2)21-18(20-12)25-16-8-6-15(7-9-16)22-26(23,24)17-5-3-4-14(19)11-17/h3-5,10-11,15-16,22H,6-9H2,1-2H3. The summed E-state index contributed by atoms with van der Waals surface area (Å²) in [6, 6.07) is 7.07. The molecule has 0 aliphatic heterocycles. The smallest absolute Gasteiger partial charge is 0.317 e. The quantitative estimate of drug-likeness (QED) is 0.864. The van der Waals surface area contributed by atoms with E-state index in [-0.39, 0.29) is 17.0 Å². The summed E-state index contributed by atoms with van der Waals surface area (Å²) in [6.07, 6.45) is 2.65. The van der Waals surface area contributed by atoms with E-state index in [1.54, 1.807) is 0 Å². The van der Waals surface area contributed by atoms with Crippen LogP contribution in [0.3, 0.4) is 0 Å². The second kappa shape index (κ2) is 7.67. The molecule has 0 spiro atoms. The molecule has 1 aliphatic carbocycles. The van der Waals surface area contributed by atoms with Gasteiger partial charge in [-0.3, -0.25) is 0 Å². The van der Waals surface area contributed by atoms with Crippen LogP contribution in [0.4, 0.5) is 4.39 Å². The minimum atomic E-state index is -3.73. The zero-order valence-corrected chi connectivity index (χ0v) is 15.6. The number of hydrogen-bond donors (Lipinski definition) is 1. The molecule has 0 radical (unpaired) electrons. The SMILES string of the molecule is Cc1cc(C)nc(OC2CCC(NS(=O)(=O)c3cccc(F)c3)CC2)n1. The second-order valence-corrected chi connectivity index (χ2v) is 8.32. The van der Waals surface area contributed by atoms with E-state index in [1.807, 2.05) is 19.9 Å². The Morgan fingerprint density at radius 3 is 2.35 bits per heavy atom. The number of nitrogens with zero attached hydrogens (tertiary/aromatic N) is 2. The fourth-order valence-corrected chi connectivity index (χ4v) is 4.45. The maximum absolute atomic E-state index is 13.3. The van der Waals surface area contributed by atoms with Crippen LogP contribution >= 0.6 is 0 Å². The van der Waals surface area contributed by atoms with E-state index in [0.717, 1.165) is 17.5 Å². The average Bonchev–Trinajstić information content (AvgIpc) is 2.55. The third kappa shape index (κ3) is 4.76. The van der Waals surface area contributed by atoms with E-state index in [0.29, 0.717) is 31.7 Å². The number of hydrogen-bond acceptors (Lipinski definition) is 5. The van der Waals surface area contributed by atoms with Crippen LogP contribution in [0.25, 0.3) is 0 Å². The summed E-state index contributed by atoms with van der Waals surface area (Å²) in [4.78, 5) is 8.49. The molecule has 1 aromatic carbocycles. The highest BCUT2D eigenvalue weighted by molar-refractivity contribution is 7.89. The maximum Gasteiger partial charge on any atom is 0.317 e. The summed E-state index contributed by atoms with van der Waals surface area (Å²) in [5, 5.41) is 0. The molecule has 6 nitrogen and oxygen atoms in total. The first-order valence-electron chi connectivity index (χ1n) is 8.59. The zero-order chi connectivity index (χ0) is 18.7. The Morgan fingerprint density at radius 2 is 1.73 bits per heavy atom. The van der Waals surface area contributed by atoms with Crippen LogP contribution < -0.4 is 9.46 Å².